The molecule has 0 saturated carbocycles. The summed E-state index contributed by atoms with van der Waals surface area (Å²) in [6, 6.07) is 14.2. The fourth-order valence-corrected chi connectivity index (χ4v) is 2.81. The number of benzene rings is 2. The lowest BCUT2D eigenvalue weighted by atomic mass is 10.1. The number of halogens is 3. The van der Waals surface area contributed by atoms with Crippen LogP contribution in [0.3, 0.4) is 0 Å². The fraction of sp³-hybridized carbons (Fsp3) is 0.409. The number of alkyl halides is 2. The summed E-state index contributed by atoms with van der Waals surface area (Å²) < 4.78 is 28.8. The molecule has 0 aliphatic carbocycles. The minimum Gasteiger partial charge on any atom is -0.435 e. The smallest absolute Gasteiger partial charge is 0.387 e. The van der Waals surface area contributed by atoms with E-state index in [-0.39, 0.29) is 36.3 Å². The standard InChI is InChI=1S/C22H30F2N4O2.HI/c1-4-25-22(26-13-16-5-7-17(8-6-16)15-28(2)3)27-14-20(29)18-9-11-19(12-10-18)30-21(23)24;/h5-12,20-21,29H,4,13-15H2,1-3H3,(H2,25,26,27);1H. The van der Waals surface area contributed by atoms with E-state index in [1.807, 2.05) is 21.0 Å². The van der Waals surface area contributed by atoms with Crippen molar-refractivity contribution in [3.8, 4) is 5.75 Å². The van der Waals surface area contributed by atoms with E-state index in [9.17, 15) is 13.9 Å². The Morgan fingerprint density at radius 2 is 1.65 bits per heavy atom. The van der Waals surface area contributed by atoms with Gasteiger partial charge in [0.25, 0.3) is 0 Å². The van der Waals surface area contributed by atoms with Crippen LogP contribution < -0.4 is 15.4 Å². The first-order valence-electron chi connectivity index (χ1n) is 9.85. The summed E-state index contributed by atoms with van der Waals surface area (Å²) in [7, 11) is 4.07. The van der Waals surface area contributed by atoms with E-state index in [0.29, 0.717) is 24.6 Å². The lowest BCUT2D eigenvalue weighted by Crippen LogP contribution is -2.39. The average Bonchev–Trinajstić information content (AvgIpc) is 2.70. The largest absolute Gasteiger partial charge is 0.435 e. The van der Waals surface area contributed by atoms with E-state index in [1.165, 1.54) is 17.7 Å². The van der Waals surface area contributed by atoms with E-state index in [1.54, 1.807) is 12.1 Å². The summed E-state index contributed by atoms with van der Waals surface area (Å²) in [4.78, 5) is 6.67. The van der Waals surface area contributed by atoms with Gasteiger partial charge in [-0.2, -0.15) is 8.78 Å². The van der Waals surface area contributed by atoms with Gasteiger partial charge in [0.15, 0.2) is 5.96 Å². The zero-order chi connectivity index (χ0) is 21.9. The van der Waals surface area contributed by atoms with Crippen LogP contribution in [-0.4, -0.2) is 49.8 Å². The normalized spacial score (nSPS) is 12.5. The fourth-order valence-electron chi connectivity index (χ4n) is 2.81. The van der Waals surface area contributed by atoms with Gasteiger partial charge in [-0.05, 0) is 49.8 Å². The van der Waals surface area contributed by atoms with Crippen molar-refractivity contribution in [3.05, 3.63) is 65.2 Å². The summed E-state index contributed by atoms with van der Waals surface area (Å²) in [6.45, 7) is 1.40. The van der Waals surface area contributed by atoms with Gasteiger partial charge >= 0.3 is 6.61 Å². The summed E-state index contributed by atoms with van der Waals surface area (Å²) in [5.41, 5.74) is 2.92. The Labute approximate surface area is 199 Å². The molecule has 0 spiro atoms. The molecule has 0 aliphatic rings. The van der Waals surface area contributed by atoms with Crippen LogP contribution in [0.5, 0.6) is 5.75 Å². The second-order valence-corrected chi connectivity index (χ2v) is 7.09. The highest BCUT2D eigenvalue weighted by molar-refractivity contribution is 14.0. The molecule has 0 aliphatic heterocycles. The van der Waals surface area contributed by atoms with Crippen LogP contribution in [0.15, 0.2) is 53.5 Å². The monoisotopic (exact) mass is 548 g/mol. The number of nitrogens with one attached hydrogen (secondary N) is 2. The van der Waals surface area contributed by atoms with Crippen LogP contribution in [0.1, 0.15) is 29.7 Å². The number of guanidine groups is 1. The second kappa shape index (κ2) is 14.2. The summed E-state index contributed by atoms with van der Waals surface area (Å²) in [5.74, 6) is 0.645. The first-order valence-corrected chi connectivity index (χ1v) is 9.85. The van der Waals surface area contributed by atoms with Gasteiger partial charge in [-0.15, -0.1) is 24.0 Å². The Morgan fingerprint density at radius 3 is 2.19 bits per heavy atom. The van der Waals surface area contributed by atoms with Gasteiger partial charge in [0.1, 0.15) is 5.75 Å². The molecule has 0 fully saturated rings. The maximum Gasteiger partial charge on any atom is 0.387 e. The molecule has 0 bridgehead atoms. The number of ether oxygens (including phenoxy) is 1. The van der Waals surface area contributed by atoms with E-state index in [0.717, 1.165) is 12.1 Å². The Hall–Kier alpha value is -1.98. The first-order chi connectivity index (χ1) is 14.4. The summed E-state index contributed by atoms with van der Waals surface area (Å²) in [6.07, 6.45) is -0.820. The molecular weight excluding hydrogens is 517 g/mol. The Bertz CT molecular complexity index is 787. The highest BCUT2D eigenvalue weighted by atomic mass is 127. The van der Waals surface area contributed by atoms with Gasteiger partial charge < -0.3 is 25.4 Å². The van der Waals surface area contributed by atoms with Crippen LogP contribution in [0.25, 0.3) is 0 Å². The number of rotatable bonds is 10. The van der Waals surface area contributed by atoms with Gasteiger partial charge in [0.2, 0.25) is 0 Å². The highest BCUT2D eigenvalue weighted by Gasteiger charge is 2.10. The molecule has 0 saturated heterocycles. The number of aliphatic imine (C=N–C) groups is 1. The van der Waals surface area contributed by atoms with Crippen LogP contribution in [0.2, 0.25) is 0 Å². The zero-order valence-corrected chi connectivity index (χ0v) is 20.3. The van der Waals surface area contributed by atoms with Gasteiger partial charge in [0.05, 0.1) is 12.6 Å². The Morgan fingerprint density at radius 1 is 1.03 bits per heavy atom. The van der Waals surface area contributed by atoms with Crippen LogP contribution in [-0.2, 0) is 13.1 Å². The van der Waals surface area contributed by atoms with Gasteiger partial charge in [0, 0.05) is 19.6 Å². The van der Waals surface area contributed by atoms with Crippen molar-refractivity contribution < 1.29 is 18.6 Å². The van der Waals surface area contributed by atoms with Gasteiger partial charge in [-0.1, -0.05) is 36.4 Å². The molecule has 1 atom stereocenters. The highest BCUT2D eigenvalue weighted by Crippen LogP contribution is 2.19. The molecule has 9 heteroatoms. The van der Waals surface area contributed by atoms with Crippen molar-refractivity contribution in [1.29, 1.82) is 0 Å². The molecule has 0 radical (unpaired) electrons. The molecule has 2 rings (SSSR count). The van der Waals surface area contributed by atoms with Gasteiger partial charge in [-0.25, -0.2) is 4.99 Å². The van der Waals surface area contributed by atoms with E-state index < -0.39 is 12.7 Å². The van der Waals surface area contributed by atoms with Crippen molar-refractivity contribution in [2.75, 3.05) is 27.2 Å². The predicted molar refractivity (Wildman–Crippen MR) is 130 cm³/mol. The second-order valence-electron chi connectivity index (χ2n) is 7.09. The lowest BCUT2D eigenvalue weighted by Gasteiger charge is -2.16. The zero-order valence-electron chi connectivity index (χ0n) is 18.0. The summed E-state index contributed by atoms with van der Waals surface area (Å²) >= 11 is 0. The van der Waals surface area contributed by atoms with Crippen molar-refractivity contribution in [1.82, 2.24) is 15.5 Å². The van der Waals surface area contributed by atoms with E-state index >= 15 is 0 Å². The number of aliphatic hydroxyl groups is 1. The number of nitrogens with zero attached hydrogens (tertiary/aromatic N) is 2. The number of hydrogen-bond donors (Lipinski definition) is 3. The van der Waals surface area contributed by atoms with Crippen LogP contribution in [0, 0.1) is 0 Å². The minimum atomic E-state index is -2.87. The molecule has 31 heavy (non-hydrogen) atoms. The van der Waals surface area contributed by atoms with Crippen molar-refractivity contribution in [2.24, 2.45) is 4.99 Å². The lowest BCUT2D eigenvalue weighted by molar-refractivity contribution is -0.0498. The number of aliphatic hydroxyl groups excluding tert-OH is 1. The Kier molecular flexibility index (Phi) is 12.4. The molecule has 2 aromatic carbocycles. The molecule has 172 valence electrons. The predicted octanol–water partition coefficient (Wildman–Crippen LogP) is 3.76. The van der Waals surface area contributed by atoms with Crippen molar-refractivity contribution in [2.45, 2.75) is 32.7 Å². The third-order valence-corrected chi connectivity index (χ3v) is 4.24. The molecule has 6 nitrogen and oxygen atoms in total. The number of hydrogen-bond acceptors (Lipinski definition) is 4. The maximum absolute atomic E-state index is 12.2. The molecule has 1 unspecified atom stereocenters. The van der Waals surface area contributed by atoms with Crippen LogP contribution >= 0.6 is 24.0 Å². The Balaban J connectivity index is 0.00000480. The SMILES string of the molecule is CCNC(=NCc1ccc(CN(C)C)cc1)NCC(O)c1ccc(OC(F)F)cc1.I. The molecule has 0 aromatic heterocycles. The maximum atomic E-state index is 12.2. The molecule has 2 aromatic rings. The van der Waals surface area contributed by atoms with Crippen molar-refractivity contribution >= 4 is 29.9 Å². The minimum absolute atomic E-state index is 0. The molecular formula is C22H31F2IN4O2. The average molecular weight is 548 g/mol. The van der Waals surface area contributed by atoms with E-state index in [4.69, 9.17) is 0 Å². The quantitative estimate of drug-likeness (QED) is 0.240. The first kappa shape index (κ1) is 27.1. The topological polar surface area (TPSA) is 69.1 Å². The van der Waals surface area contributed by atoms with Gasteiger partial charge in [-0.3, -0.25) is 0 Å². The molecule has 0 amide bonds. The van der Waals surface area contributed by atoms with E-state index in [2.05, 4.69) is 49.5 Å². The molecule has 3 N–H and O–H groups in total. The summed E-state index contributed by atoms with van der Waals surface area (Å²) in [5, 5.41) is 16.6. The van der Waals surface area contributed by atoms with Crippen molar-refractivity contribution in [3.63, 3.8) is 0 Å². The molecule has 0 heterocycles. The third kappa shape index (κ3) is 10.3. The third-order valence-electron chi connectivity index (χ3n) is 4.24. The van der Waals surface area contributed by atoms with Crippen LogP contribution in [0.4, 0.5) is 8.78 Å².